The fourth-order valence-electron chi connectivity index (χ4n) is 1.92. The number of nitrogens with zero attached hydrogens (tertiary/aromatic N) is 2. The van der Waals surface area contributed by atoms with E-state index in [2.05, 4.69) is 21.1 Å². The van der Waals surface area contributed by atoms with Gasteiger partial charge in [-0.05, 0) is 38.1 Å². The van der Waals surface area contributed by atoms with Crippen LogP contribution in [0.4, 0.5) is 0 Å². The van der Waals surface area contributed by atoms with E-state index in [1.807, 2.05) is 38.1 Å². The number of aryl methyl sites for hydroxylation is 2. The molecule has 28 heavy (non-hydrogen) atoms. The molecule has 0 radical (unpaired) electrons. The number of hydrogen-bond donors (Lipinski definition) is 2. The smallest absolute Gasteiger partial charge is 0.277 e. The molecule has 0 unspecified atom stereocenters. The number of nitrogens with one attached hydrogen (secondary N) is 2. The van der Waals surface area contributed by atoms with Crippen LogP contribution in [0.3, 0.4) is 0 Å². The Balaban J connectivity index is 1.59. The third-order valence-corrected chi connectivity index (χ3v) is 3.38. The third kappa shape index (κ3) is 8.13. The quantitative estimate of drug-likeness (QED) is 0.511. The van der Waals surface area contributed by atoms with Crippen LogP contribution in [0.25, 0.3) is 0 Å². The Morgan fingerprint density at radius 1 is 0.750 bits per heavy atom. The summed E-state index contributed by atoms with van der Waals surface area (Å²) in [6.45, 7) is 3.60. The van der Waals surface area contributed by atoms with Gasteiger partial charge in [-0.1, -0.05) is 35.4 Å². The lowest BCUT2D eigenvalue weighted by molar-refractivity contribution is -0.123. The molecule has 2 aromatic carbocycles. The summed E-state index contributed by atoms with van der Waals surface area (Å²) in [6, 6.07) is 14.7. The predicted molar refractivity (Wildman–Crippen MR) is 107 cm³/mol. The normalized spacial score (nSPS) is 10.8. The SMILES string of the molecule is Cc1ccc(OCC(=O)N/N=C/C=N/NC(=O)COc2ccc(C)cc2)cc1. The zero-order valence-electron chi connectivity index (χ0n) is 15.7. The fourth-order valence-corrected chi connectivity index (χ4v) is 1.92. The van der Waals surface area contributed by atoms with Crippen molar-refractivity contribution in [3.63, 3.8) is 0 Å². The van der Waals surface area contributed by atoms with Crippen LogP contribution < -0.4 is 20.3 Å². The molecule has 8 nitrogen and oxygen atoms in total. The van der Waals surface area contributed by atoms with Gasteiger partial charge in [-0.15, -0.1) is 0 Å². The topological polar surface area (TPSA) is 101 Å². The molecular weight excluding hydrogens is 360 g/mol. The van der Waals surface area contributed by atoms with Gasteiger partial charge in [0.05, 0.1) is 12.4 Å². The molecule has 2 rings (SSSR count). The maximum Gasteiger partial charge on any atom is 0.277 e. The Morgan fingerprint density at radius 3 is 1.46 bits per heavy atom. The van der Waals surface area contributed by atoms with Crippen LogP contribution >= 0.6 is 0 Å². The van der Waals surface area contributed by atoms with Crippen LogP contribution in [0, 0.1) is 13.8 Å². The minimum atomic E-state index is -0.416. The van der Waals surface area contributed by atoms with Gasteiger partial charge in [0.15, 0.2) is 13.2 Å². The molecule has 0 aliphatic heterocycles. The van der Waals surface area contributed by atoms with Gasteiger partial charge in [-0.2, -0.15) is 10.2 Å². The van der Waals surface area contributed by atoms with Crippen molar-refractivity contribution in [2.24, 2.45) is 10.2 Å². The molecule has 0 heterocycles. The number of carbonyl (C=O) groups is 2. The number of carbonyl (C=O) groups excluding carboxylic acids is 2. The van der Waals surface area contributed by atoms with E-state index in [9.17, 15) is 9.59 Å². The average molecular weight is 382 g/mol. The molecule has 0 fully saturated rings. The molecule has 0 bridgehead atoms. The lowest BCUT2D eigenvalue weighted by Crippen LogP contribution is -2.25. The number of ether oxygens (including phenoxy) is 2. The lowest BCUT2D eigenvalue weighted by atomic mass is 10.2. The summed E-state index contributed by atoms with van der Waals surface area (Å²) in [6.07, 6.45) is 2.45. The van der Waals surface area contributed by atoms with Crippen LogP contribution in [-0.4, -0.2) is 37.5 Å². The van der Waals surface area contributed by atoms with Crippen molar-refractivity contribution in [3.8, 4) is 11.5 Å². The van der Waals surface area contributed by atoms with E-state index in [4.69, 9.17) is 9.47 Å². The molecule has 2 aromatic rings. The van der Waals surface area contributed by atoms with E-state index < -0.39 is 11.8 Å². The second-order valence-corrected chi connectivity index (χ2v) is 5.83. The van der Waals surface area contributed by atoms with Gasteiger partial charge in [0.1, 0.15) is 11.5 Å². The van der Waals surface area contributed by atoms with E-state index in [1.165, 1.54) is 12.4 Å². The van der Waals surface area contributed by atoms with E-state index in [1.54, 1.807) is 24.3 Å². The van der Waals surface area contributed by atoms with Crippen molar-refractivity contribution in [1.82, 2.24) is 10.9 Å². The number of amides is 2. The second-order valence-electron chi connectivity index (χ2n) is 5.83. The van der Waals surface area contributed by atoms with Crippen LogP contribution in [0.5, 0.6) is 11.5 Å². The maximum atomic E-state index is 11.6. The molecule has 146 valence electrons. The summed E-state index contributed by atoms with van der Waals surface area (Å²) in [5.74, 6) is 0.366. The largest absolute Gasteiger partial charge is 0.484 e. The molecule has 8 heteroatoms. The number of hydrazone groups is 2. The molecule has 0 aromatic heterocycles. The lowest BCUT2D eigenvalue weighted by Gasteiger charge is -2.05. The van der Waals surface area contributed by atoms with Crippen molar-refractivity contribution in [2.75, 3.05) is 13.2 Å². The Morgan fingerprint density at radius 2 is 1.11 bits per heavy atom. The summed E-state index contributed by atoms with van der Waals surface area (Å²) in [5, 5.41) is 7.32. The first-order valence-corrected chi connectivity index (χ1v) is 8.54. The summed E-state index contributed by atoms with van der Waals surface area (Å²) < 4.78 is 10.6. The van der Waals surface area contributed by atoms with Crippen LogP contribution in [-0.2, 0) is 9.59 Å². The highest BCUT2D eigenvalue weighted by Gasteiger charge is 2.01. The second kappa shape index (κ2) is 11.1. The summed E-state index contributed by atoms with van der Waals surface area (Å²) in [7, 11) is 0. The molecule has 0 saturated heterocycles. The summed E-state index contributed by atoms with van der Waals surface area (Å²) in [4.78, 5) is 23.2. The molecule has 0 spiro atoms. The fraction of sp³-hybridized carbons (Fsp3) is 0.200. The van der Waals surface area contributed by atoms with Crippen molar-refractivity contribution >= 4 is 24.2 Å². The highest BCUT2D eigenvalue weighted by atomic mass is 16.5. The Hall–Kier alpha value is -3.68. The zero-order valence-corrected chi connectivity index (χ0v) is 15.7. The number of hydrogen-bond acceptors (Lipinski definition) is 6. The zero-order chi connectivity index (χ0) is 20.2. The van der Waals surface area contributed by atoms with Gasteiger partial charge in [-0.3, -0.25) is 9.59 Å². The van der Waals surface area contributed by atoms with Gasteiger partial charge in [0.25, 0.3) is 11.8 Å². The van der Waals surface area contributed by atoms with Crippen molar-refractivity contribution < 1.29 is 19.1 Å². The van der Waals surface area contributed by atoms with Gasteiger partial charge >= 0.3 is 0 Å². The molecule has 2 N–H and O–H groups in total. The van der Waals surface area contributed by atoms with Crippen LogP contribution in [0.1, 0.15) is 11.1 Å². The summed E-state index contributed by atoms with van der Waals surface area (Å²) >= 11 is 0. The van der Waals surface area contributed by atoms with Gasteiger partial charge < -0.3 is 9.47 Å². The van der Waals surface area contributed by atoms with E-state index in [0.717, 1.165) is 11.1 Å². The first-order valence-electron chi connectivity index (χ1n) is 8.54. The Bertz CT molecular complexity index is 759. The van der Waals surface area contributed by atoms with Crippen molar-refractivity contribution in [2.45, 2.75) is 13.8 Å². The maximum absolute atomic E-state index is 11.6. The van der Waals surface area contributed by atoms with E-state index in [0.29, 0.717) is 11.5 Å². The van der Waals surface area contributed by atoms with Crippen LogP contribution in [0.15, 0.2) is 58.7 Å². The molecule has 2 amide bonds. The van der Waals surface area contributed by atoms with E-state index in [-0.39, 0.29) is 13.2 Å². The van der Waals surface area contributed by atoms with Crippen LogP contribution in [0.2, 0.25) is 0 Å². The monoisotopic (exact) mass is 382 g/mol. The first kappa shape index (κ1) is 20.6. The van der Waals surface area contributed by atoms with Gasteiger partial charge in [0, 0.05) is 0 Å². The highest BCUT2D eigenvalue weighted by molar-refractivity contribution is 6.16. The molecular formula is C20H22N4O4. The molecule has 0 atom stereocenters. The highest BCUT2D eigenvalue weighted by Crippen LogP contribution is 2.11. The Kier molecular flexibility index (Phi) is 8.19. The molecule has 0 aliphatic carbocycles. The predicted octanol–water partition coefficient (Wildman–Crippen LogP) is 1.97. The number of rotatable bonds is 9. The minimum absolute atomic E-state index is 0.162. The molecule has 0 aliphatic rings. The first-order chi connectivity index (χ1) is 13.5. The van der Waals surface area contributed by atoms with Crippen molar-refractivity contribution in [3.05, 3.63) is 59.7 Å². The molecule has 0 saturated carbocycles. The third-order valence-electron chi connectivity index (χ3n) is 3.38. The number of benzene rings is 2. The van der Waals surface area contributed by atoms with Gasteiger partial charge in [0.2, 0.25) is 0 Å². The van der Waals surface area contributed by atoms with Gasteiger partial charge in [-0.25, -0.2) is 10.9 Å². The minimum Gasteiger partial charge on any atom is -0.484 e. The summed E-state index contributed by atoms with van der Waals surface area (Å²) in [5.41, 5.74) is 6.77. The van der Waals surface area contributed by atoms with E-state index >= 15 is 0 Å². The van der Waals surface area contributed by atoms with Crippen molar-refractivity contribution in [1.29, 1.82) is 0 Å². The Labute approximate surface area is 163 Å². The average Bonchev–Trinajstić information content (AvgIpc) is 2.69. The standard InChI is InChI=1S/C20H22N4O4/c1-15-3-7-17(8-4-15)27-13-19(25)23-21-11-12-22-24-20(26)14-28-18-9-5-16(2)6-10-18/h3-12H,13-14H2,1-2H3,(H,23,25)(H,24,26)/b21-11+,22-12+.